The van der Waals surface area contributed by atoms with Gasteiger partial charge in [-0.05, 0) is 36.2 Å². The fourth-order valence-corrected chi connectivity index (χ4v) is 8.70. The number of sulfone groups is 1. The highest BCUT2D eigenvalue weighted by atomic mass is 32.2. The monoisotopic (exact) mass is 686 g/mol. The van der Waals surface area contributed by atoms with Crippen molar-refractivity contribution >= 4 is 47.3 Å². The highest BCUT2D eigenvalue weighted by Gasteiger charge is 2.51. The summed E-state index contributed by atoms with van der Waals surface area (Å²) < 4.78 is 76.2. The SMILES string of the molecule is CCCCCCCCCCCCCCC(C(=O)NCCS(N)(=O)=O)(c1nc2cc(-c3ccc(F)nc3F)ccc2s1)S(C)(=O)=O. The molecule has 0 aliphatic carbocycles. The smallest absolute Gasteiger partial charge is 0.248 e. The predicted octanol–water partition coefficient (Wildman–Crippen LogP) is 6.37. The summed E-state index contributed by atoms with van der Waals surface area (Å²) in [4.78, 5) is 21.5. The Morgan fingerprint density at radius 2 is 1.49 bits per heavy atom. The number of carbonyl (C=O) groups excluding carboxylic acids is 1. The van der Waals surface area contributed by atoms with E-state index in [9.17, 15) is 30.4 Å². The molecule has 3 rings (SSSR count). The summed E-state index contributed by atoms with van der Waals surface area (Å²) in [6.45, 7) is 1.84. The van der Waals surface area contributed by atoms with Gasteiger partial charge in [0, 0.05) is 18.4 Å². The summed E-state index contributed by atoms with van der Waals surface area (Å²) in [5, 5.41) is 7.59. The number of unbranched alkanes of at least 4 members (excludes halogenated alkanes) is 11. The second kappa shape index (κ2) is 16.8. The van der Waals surface area contributed by atoms with Gasteiger partial charge in [-0.15, -0.1) is 11.3 Å². The lowest BCUT2D eigenvalue weighted by molar-refractivity contribution is -0.124. The zero-order valence-corrected chi connectivity index (χ0v) is 28.4. The molecule has 2 heterocycles. The summed E-state index contributed by atoms with van der Waals surface area (Å²) in [5.74, 6) is -3.39. The van der Waals surface area contributed by atoms with Gasteiger partial charge in [-0.3, -0.25) is 4.79 Å². The number of nitrogens with zero attached hydrogens (tertiary/aromatic N) is 2. The number of halogens is 2. The van der Waals surface area contributed by atoms with Crippen molar-refractivity contribution in [3.63, 3.8) is 0 Å². The number of thiazole rings is 1. The van der Waals surface area contributed by atoms with Crippen LogP contribution in [0.4, 0.5) is 8.78 Å². The average Bonchev–Trinajstić information content (AvgIpc) is 3.37. The maximum atomic E-state index is 14.4. The van der Waals surface area contributed by atoms with Gasteiger partial charge in [0.1, 0.15) is 5.01 Å². The summed E-state index contributed by atoms with van der Waals surface area (Å²) in [7, 11) is -8.04. The average molecular weight is 687 g/mol. The first-order chi connectivity index (χ1) is 21.3. The molecule has 2 aromatic heterocycles. The molecule has 1 atom stereocenters. The van der Waals surface area contributed by atoms with Crippen LogP contribution in [0.2, 0.25) is 0 Å². The Labute approximate surface area is 269 Å². The minimum absolute atomic E-state index is 0.0334. The fourth-order valence-electron chi connectivity index (χ4n) is 5.39. The molecule has 3 aromatic rings. The summed E-state index contributed by atoms with van der Waals surface area (Å²) >= 11 is 1.03. The first-order valence-electron chi connectivity index (χ1n) is 15.5. The van der Waals surface area contributed by atoms with Crippen LogP contribution in [0.3, 0.4) is 0 Å². The fraction of sp³-hybridized carbons (Fsp3) is 0.581. The number of fused-ring (bicyclic) bond motifs is 1. The van der Waals surface area contributed by atoms with E-state index in [1.807, 2.05) is 0 Å². The number of aromatic nitrogens is 2. The van der Waals surface area contributed by atoms with Gasteiger partial charge in [-0.2, -0.15) is 13.8 Å². The van der Waals surface area contributed by atoms with E-state index in [4.69, 9.17) is 5.14 Å². The minimum atomic E-state index is -4.14. The lowest BCUT2D eigenvalue weighted by Crippen LogP contribution is -2.50. The second-order valence-electron chi connectivity index (χ2n) is 11.5. The first kappa shape index (κ1) is 36.9. The minimum Gasteiger partial charge on any atom is -0.353 e. The van der Waals surface area contributed by atoms with Crippen LogP contribution in [-0.4, -0.2) is 51.3 Å². The van der Waals surface area contributed by atoms with Gasteiger partial charge in [0.15, 0.2) is 9.84 Å². The highest BCUT2D eigenvalue weighted by Crippen LogP contribution is 2.41. The molecule has 0 aliphatic rings. The first-order valence-corrected chi connectivity index (χ1v) is 19.9. The van der Waals surface area contributed by atoms with Crippen LogP contribution in [0.5, 0.6) is 0 Å². The molecule has 14 heteroatoms. The molecule has 9 nitrogen and oxygen atoms in total. The summed E-state index contributed by atoms with van der Waals surface area (Å²) in [6.07, 6.45) is 13.8. The van der Waals surface area contributed by atoms with Gasteiger partial charge in [0.25, 0.3) is 0 Å². The van der Waals surface area contributed by atoms with Crippen molar-refractivity contribution < 1.29 is 30.4 Å². The van der Waals surface area contributed by atoms with E-state index >= 15 is 0 Å². The maximum absolute atomic E-state index is 14.4. The molecule has 0 fully saturated rings. The van der Waals surface area contributed by atoms with Crippen molar-refractivity contribution in [1.82, 2.24) is 15.3 Å². The maximum Gasteiger partial charge on any atom is 0.248 e. The van der Waals surface area contributed by atoms with Gasteiger partial charge in [0.05, 0.1) is 16.0 Å². The third kappa shape index (κ3) is 10.5. The number of hydrogen-bond acceptors (Lipinski definition) is 8. The quantitative estimate of drug-likeness (QED) is 0.104. The lowest BCUT2D eigenvalue weighted by atomic mass is 9.98. The van der Waals surface area contributed by atoms with E-state index in [1.54, 1.807) is 12.1 Å². The molecule has 0 radical (unpaired) electrons. The molecular formula is C31H44F2N4O5S3. The summed E-state index contributed by atoms with van der Waals surface area (Å²) in [5.41, 5.74) is 0.726. The van der Waals surface area contributed by atoms with E-state index in [1.165, 1.54) is 50.7 Å². The Kier molecular flexibility index (Phi) is 13.8. The number of primary sulfonamides is 1. The van der Waals surface area contributed by atoms with Crippen molar-refractivity contribution in [1.29, 1.82) is 0 Å². The second-order valence-corrected chi connectivity index (χ2v) is 16.5. The van der Waals surface area contributed by atoms with E-state index in [0.717, 1.165) is 49.3 Å². The Hall–Kier alpha value is -2.55. The Balaban J connectivity index is 1.81. The number of pyridine rings is 1. The largest absolute Gasteiger partial charge is 0.353 e. The van der Waals surface area contributed by atoms with Crippen molar-refractivity contribution in [3.8, 4) is 11.1 Å². The van der Waals surface area contributed by atoms with E-state index in [0.29, 0.717) is 28.6 Å². The molecular weight excluding hydrogens is 643 g/mol. The van der Waals surface area contributed by atoms with Crippen molar-refractivity contribution in [2.75, 3.05) is 18.6 Å². The van der Waals surface area contributed by atoms with Gasteiger partial charge < -0.3 is 5.32 Å². The van der Waals surface area contributed by atoms with E-state index in [-0.39, 0.29) is 23.5 Å². The number of nitrogens with two attached hydrogens (primary N) is 1. The van der Waals surface area contributed by atoms with Crippen molar-refractivity contribution in [2.24, 2.45) is 5.14 Å². The van der Waals surface area contributed by atoms with Crippen LogP contribution in [0.25, 0.3) is 21.3 Å². The predicted molar refractivity (Wildman–Crippen MR) is 176 cm³/mol. The van der Waals surface area contributed by atoms with E-state index in [2.05, 4.69) is 22.2 Å². The van der Waals surface area contributed by atoms with Crippen LogP contribution >= 0.6 is 11.3 Å². The molecule has 0 saturated heterocycles. The molecule has 1 amide bonds. The topological polar surface area (TPSA) is 149 Å². The number of amides is 1. The van der Waals surface area contributed by atoms with Crippen LogP contribution in [0, 0.1) is 11.9 Å². The zero-order valence-electron chi connectivity index (χ0n) is 26.0. The number of nitrogens with one attached hydrogen (secondary N) is 1. The molecule has 0 aliphatic heterocycles. The number of carbonyl (C=O) groups is 1. The number of sulfonamides is 1. The number of rotatable bonds is 20. The molecule has 1 unspecified atom stereocenters. The van der Waals surface area contributed by atoms with Crippen LogP contribution in [-0.2, 0) is 29.4 Å². The van der Waals surface area contributed by atoms with Crippen molar-refractivity contribution in [3.05, 3.63) is 47.2 Å². The van der Waals surface area contributed by atoms with Gasteiger partial charge in [0.2, 0.25) is 32.6 Å². The molecule has 0 saturated carbocycles. The van der Waals surface area contributed by atoms with Crippen LogP contribution < -0.4 is 10.5 Å². The standard InChI is InChI=1S/C31H44F2N4O5S3/c1-3-4-5-6-7-8-9-10-11-12-13-14-19-31(44(2,39)40,29(38)35-20-21-45(34,41)42)30-36-25-22-23(15-17-26(25)43-30)24-16-18-27(32)37-28(24)33/h15-18,22H,3-14,19-21H2,1-2H3,(H,35,38)(H2,34,41,42). The molecule has 3 N–H and O–H groups in total. The normalized spacial score (nSPS) is 13.6. The Morgan fingerprint density at radius 1 is 0.889 bits per heavy atom. The Morgan fingerprint density at radius 3 is 2.04 bits per heavy atom. The molecule has 1 aromatic carbocycles. The third-order valence-corrected chi connectivity index (χ3v) is 11.9. The zero-order chi connectivity index (χ0) is 33.1. The number of hydrogen-bond donors (Lipinski definition) is 2. The van der Waals surface area contributed by atoms with Crippen LogP contribution in [0.1, 0.15) is 95.4 Å². The Bertz CT molecular complexity index is 1650. The molecule has 250 valence electrons. The molecule has 0 bridgehead atoms. The molecule has 45 heavy (non-hydrogen) atoms. The number of benzene rings is 1. The van der Waals surface area contributed by atoms with Crippen LogP contribution in [0.15, 0.2) is 30.3 Å². The third-order valence-electron chi connectivity index (χ3n) is 7.91. The summed E-state index contributed by atoms with van der Waals surface area (Å²) in [6, 6.07) is 7.03. The van der Waals surface area contributed by atoms with Gasteiger partial charge in [-0.25, -0.2) is 27.0 Å². The highest BCUT2D eigenvalue weighted by molar-refractivity contribution is 7.92. The lowest BCUT2D eigenvalue weighted by Gasteiger charge is -2.29. The van der Waals surface area contributed by atoms with Gasteiger partial charge >= 0.3 is 0 Å². The van der Waals surface area contributed by atoms with Crippen molar-refractivity contribution in [2.45, 2.75) is 95.1 Å². The molecule has 0 spiro atoms. The van der Waals surface area contributed by atoms with E-state index < -0.39 is 48.2 Å². The van der Waals surface area contributed by atoms with Gasteiger partial charge in [-0.1, -0.05) is 90.0 Å².